The normalized spacial score (nSPS) is 35.9. The molecule has 17 heavy (non-hydrogen) atoms. The maximum atomic E-state index is 10.7. The van der Waals surface area contributed by atoms with Crippen molar-refractivity contribution < 1.29 is 29.3 Å². The number of ether oxygens (including phenoxy) is 2. The molecular weight excluding hydrogens is 228 g/mol. The summed E-state index contributed by atoms with van der Waals surface area (Å²) in [6, 6.07) is 0. The Bertz CT molecular complexity index is 322. The van der Waals surface area contributed by atoms with E-state index in [1.54, 1.807) is 0 Å². The molecule has 2 N–H and O–H groups in total. The highest BCUT2D eigenvalue weighted by molar-refractivity contribution is 5.98. The first-order valence-corrected chi connectivity index (χ1v) is 5.73. The third-order valence-electron chi connectivity index (χ3n) is 3.52. The summed E-state index contributed by atoms with van der Waals surface area (Å²) in [5.41, 5.74) is -1.49. The molecule has 2 saturated heterocycles. The van der Waals surface area contributed by atoms with E-state index < -0.39 is 17.4 Å². The van der Waals surface area contributed by atoms with Gasteiger partial charge in [0.1, 0.15) is 0 Å². The van der Waals surface area contributed by atoms with Gasteiger partial charge in [0, 0.05) is 0 Å². The molecule has 96 valence electrons. The van der Waals surface area contributed by atoms with Crippen LogP contribution >= 0.6 is 0 Å². The summed E-state index contributed by atoms with van der Waals surface area (Å²) in [4.78, 5) is 21.5. The van der Waals surface area contributed by atoms with Crippen LogP contribution in [0.15, 0.2) is 0 Å². The smallest absolute Gasteiger partial charge is 0.321 e. The zero-order chi connectivity index (χ0) is 12.7. The summed E-state index contributed by atoms with van der Waals surface area (Å²) in [6.07, 6.45) is 3.11. The molecule has 0 aromatic carbocycles. The summed E-state index contributed by atoms with van der Waals surface area (Å²) in [5, 5.41) is 17.6. The summed E-state index contributed by atoms with van der Waals surface area (Å²) < 4.78 is 9.54. The van der Waals surface area contributed by atoms with Crippen LogP contribution in [-0.2, 0) is 19.1 Å². The van der Waals surface area contributed by atoms with Gasteiger partial charge < -0.3 is 19.7 Å². The molecule has 0 amide bonds. The lowest BCUT2D eigenvalue weighted by Gasteiger charge is -2.28. The first-order valence-electron chi connectivity index (χ1n) is 5.73. The first kappa shape index (κ1) is 12.3. The van der Waals surface area contributed by atoms with Gasteiger partial charge >= 0.3 is 11.9 Å². The number of rotatable bonds is 2. The van der Waals surface area contributed by atoms with E-state index in [0.29, 0.717) is 12.8 Å². The molecule has 2 aliphatic heterocycles. The van der Waals surface area contributed by atoms with Crippen LogP contribution in [0.25, 0.3) is 0 Å². The number of epoxide rings is 2. The van der Waals surface area contributed by atoms with Crippen LogP contribution in [0.5, 0.6) is 0 Å². The van der Waals surface area contributed by atoms with E-state index in [1.165, 1.54) is 0 Å². The van der Waals surface area contributed by atoms with Crippen molar-refractivity contribution >= 4 is 11.9 Å². The quantitative estimate of drug-likeness (QED) is 0.559. The van der Waals surface area contributed by atoms with Gasteiger partial charge in [-0.15, -0.1) is 0 Å². The minimum atomic E-state index is -1.49. The number of hydrogen-bond donors (Lipinski definition) is 2. The minimum absolute atomic E-state index is 0.0833. The van der Waals surface area contributed by atoms with Gasteiger partial charge in [-0.25, -0.2) is 0 Å². The second kappa shape index (κ2) is 3.96. The van der Waals surface area contributed by atoms with Crippen LogP contribution in [0.3, 0.4) is 0 Å². The third-order valence-corrected chi connectivity index (χ3v) is 3.52. The average molecular weight is 244 g/mol. The van der Waals surface area contributed by atoms with Crippen molar-refractivity contribution in [1.29, 1.82) is 0 Å². The Morgan fingerprint density at radius 1 is 1.06 bits per heavy atom. The molecule has 6 heteroatoms. The summed E-state index contributed by atoms with van der Waals surface area (Å²) in [7, 11) is 0. The van der Waals surface area contributed by atoms with E-state index in [-0.39, 0.29) is 24.9 Å². The summed E-state index contributed by atoms with van der Waals surface area (Å²) in [5.74, 6) is -2.45. The Kier molecular flexibility index (Phi) is 2.87. The Morgan fingerprint density at radius 2 is 1.41 bits per heavy atom. The standard InChI is InChI=1S/C8H12O4.C3H4O2/c9-6(10)8(7(11)12)4-2-1-3-5-8;1-3-2(4-3)5-3/h1-5H2,(H,9,10)(H,11,12);2H,1H3. The maximum Gasteiger partial charge on any atom is 0.321 e. The fourth-order valence-corrected chi connectivity index (χ4v) is 2.04. The van der Waals surface area contributed by atoms with Crippen LogP contribution in [0.1, 0.15) is 39.0 Å². The van der Waals surface area contributed by atoms with E-state index >= 15 is 0 Å². The fourth-order valence-electron chi connectivity index (χ4n) is 2.04. The van der Waals surface area contributed by atoms with Gasteiger partial charge in [0.15, 0.2) is 5.41 Å². The Balaban J connectivity index is 0.000000174. The molecule has 0 radical (unpaired) electrons. The van der Waals surface area contributed by atoms with Crippen molar-refractivity contribution in [2.45, 2.75) is 51.1 Å². The SMILES string of the molecule is CC12OC1O2.O=C(O)C1(C(=O)O)CCCCC1. The second-order valence-corrected chi connectivity index (χ2v) is 4.84. The molecule has 2 heterocycles. The lowest BCUT2D eigenvalue weighted by atomic mass is 9.74. The van der Waals surface area contributed by atoms with E-state index in [1.807, 2.05) is 6.92 Å². The predicted molar refractivity (Wildman–Crippen MR) is 55.2 cm³/mol. The molecule has 0 aromatic rings. The number of fused-ring (bicyclic) bond motifs is 1. The van der Waals surface area contributed by atoms with E-state index in [2.05, 4.69) is 0 Å². The topological polar surface area (TPSA) is 99.7 Å². The summed E-state index contributed by atoms with van der Waals surface area (Å²) in [6.45, 7) is 1.93. The number of aliphatic carboxylic acids is 2. The Hall–Kier alpha value is -1.14. The third kappa shape index (κ3) is 2.28. The summed E-state index contributed by atoms with van der Waals surface area (Å²) >= 11 is 0. The highest BCUT2D eigenvalue weighted by Gasteiger charge is 2.73. The van der Waals surface area contributed by atoms with Gasteiger partial charge in [-0.3, -0.25) is 9.59 Å². The van der Waals surface area contributed by atoms with E-state index in [9.17, 15) is 9.59 Å². The van der Waals surface area contributed by atoms with Gasteiger partial charge in [0.25, 0.3) is 0 Å². The van der Waals surface area contributed by atoms with E-state index in [0.717, 1.165) is 6.42 Å². The molecule has 0 atom stereocenters. The fraction of sp³-hybridized carbons (Fsp3) is 0.818. The van der Waals surface area contributed by atoms with Gasteiger partial charge in [-0.05, 0) is 19.8 Å². The molecule has 3 aliphatic rings. The molecule has 1 saturated carbocycles. The minimum Gasteiger partial charge on any atom is -0.480 e. The second-order valence-electron chi connectivity index (χ2n) is 4.84. The lowest BCUT2D eigenvalue weighted by Crippen LogP contribution is -2.40. The number of carboxylic acids is 2. The molecule has 0 unspecified atom stereocenters. The van der Waals surface area contributed by atoms with Crippen molar-refractivity contribution in [3.63, 3.8) is 0 Å². The zero-order valence-electron chi connectivity index (χ0n) is 9.64. The largest absolute Gasteiger partial charge is 0.480 e. The number of carbonyl (C=O) groups is 2. The van der Waals surface area contributed by atoms with Crippen LogP contribution < -0.4 is 0 Å². The maximum absolute atomic E-state index is 10.7. The highest BCUT2D eigenvalue weighted by atomic mass is 17.0. The van der Waals surface area contributed by atoms with Crippen molar-refractivity contribution in [2.24, 2.45) is 5.41 Å². The van der Waals surface area contributed by atoms with Crippen molar-refractivity contribution in [1.82, 2.24) is 0 Å². The lowest BCUT2D eigenvalue weighted by molar-refractivity contribution is -0.167. The molecule has 3 fully saturated rings. The van der Waals surface area contributed by atoms with Crippen LogP contribution in [0.4, 0.5) is 0 Å². The molecule has 0 spiro atoms. The Morgan fingerprint density at radius 3 is 1.59 bits per heavy atom. The molecule has 6 nitrogen and oxygen atoms in total. The van der Waals surface area contributed by atoms with Crippen LogP contribution in [0, 0.1) is 5.41 Å². The van der Waals surface area contributed by atoms with Crippen LogP contribution in [0.2, 0.25) is 0 Å². The molecule has 3 rings (SSSR count). The Labute approximate surface area is 98.5 Å². The number of hydrogen-bond acceptors (Lipinski definition) is 4. The van der Waals surface area contributed by atoms with E-state index in [4.69, 9.17) is 19.7 Å². The average Bonchev–Trinajstić information content (AvgIpc) is 3.08. The number of carboxylic acid groups (broad SMARTS) is 2. The van der Waals surface area contributed by atoms with Gasteiger partial charge in [0.05, 0.1) is 0 Å². The van der Waals surface area contributed by atoms with Gasteiger partial charge in [-0.2, -0.15) is 0 Å². The molecular formula is C11H16O6. The van der Waals surface area contributed by atoms with Crippen molar-refractivity contribution in [3.05, 3.63) is 0 Å². The zero-order valence-corrected chi connectivity index (χ0v) is 9.64. The van der Waals surface area contributed by atoms with Gasteiger partial charge in [-0.1, -0.05) is 19.3 Å². The molecule has 0 bridgehead atoms. The molecule has 0 aromatic heterocycles. The van der Waals surface area contributed by atoms with Crippen molar-refractivity contribution in [2.75, 3.05) is 0 Å². The van der Waals surface area contributed by atoms with Crippen LogP contribution in [-0.4, -0.2) is 34.2 Å². The highest BCUT2D eigenvalue weighted by Crippen LogP contribution is 2.55. The van der Waals surface area contributed by atoms with Gasteiger partial charge in [0.2, 0.25) is 12.1 Å². The van der Waals surface area contributed by atoms with Crippen molar-refractivity contribution in [3.8, 4) is 0 Å². The molecule has 1 aliphatic carbocycles. The first-order chi connectivity index (χ1) is 7.91. The predicted octanol–water partition coefficient (Wildman–Crippen LogP) is 1.20. The monoisotopic (exact) mass is 244 g/mol.